The van der Waals surface area contributed by atoms with E-state index in [4.69, 9.17) is 16.3 Å². The molecule has 0 amide bonds. The van der Waals surface area contributed by atoms with E-state index in [9.17, 15) is 14.0 Å². The standard InChI is InChI=1S/C28H22ClFN2O3/c1-15-10-21-24(13-22(15)30)32(27(16(2)33)26(21)20-6-4-5-7-25(20)34)14-18-11-17-8-9-19(35-3)12-23(17)31-28(18)29/h4-6,8-13H,7,14H2,1-3H3. The molecule has 0 bridgehead atoms. The third kappa shape index (κ3) is 3.94. The van der Waals surface area contributed by atoms with Crippen molar-refractivity contribution in [3.05, 3.63) is 88.0 Å². The summed E-state index contributed by atoms with van der Waals surface area (Å²) in [5.74, 6) is -0.0434. The van der Waals surface area contributed by atoms with Gasteiger partial charge in [0.05, 0.1) is 30.4 Å². The van der Waals surface area contributed by atoms with E-state index in [1.165, 1.54) is 13.0 Å². The zero-order valence-corrected chi connectivity index (χ0v) is 20.2. The molecular formula is C28H22ClFN2O3. The number of nitrogens with zero attached hydrogens (tertiary/aromatic N) is 2. The molecule has 2 aromatic heterocycles. The van der Waals surface area contributed by atoms with Crippen molar-refractivity contribution >= 4 is 50.5 Å². The van der Waals surface area contributed by atoms with Crippen molar-refractivity contribution < 1.29 is 18.7 Å². The largest absolute Gasteiger partial charge is 0.497 e. The number of hydrogen-bond donors (Lipinski definition) is 0. The number of pyridine rings is 1. The SMILES string of the molecule is COc1ccc2cc(Cn3c(C(C)=O)c(C4=CC=CCC4=O)c4cc(C)c(F)cc43)c(Cl)nc2c1. The smallest absolute Gasteiger partial charge is 0.176 e. The van der Waals surface area contributed by atoms with Gasteiger partial charge in [-0.1, -0.05) is 29.8 Å². The number of halogens is 2. The van der Waals surface area contributed by atoms with Crippen LogP contribution in [0.25, 0.3) is 27.4 Å². The maximum Gasteiger partial charge on any atom is 0.176 e. The molecule has 2 heterocycles. The van der Waals surface area contributed by atoms with Gasteiger partial charge in [-0.05, 0) is 42.8 Å². The molecule has 0 fully saturated rings. The summed E-state index contributed by atoms with van der Waals surface area (Å²) < 4.78 is 21.8. The Morgan fingerprint density at radius 1 is 1.23 bits per heavy atom. The zero-order valence-electron chi connectivity index (χ0n) is 19.5. The topological polar surface area (TPSA) is 61.2 Å². The molecule has 0 saturated carbocycles. The summed E-state index contributed by atoms with van der Waals surface area (Å²) in [7, 11) is 1.58. The third-order valence-corrected chi connectivity index (χ3v) is 6.66. The first-order valence-corrected chi connectivity index (χ1v) is 11.5. The van der Waals surface area contributed by atoms with Crippen LogP contribution in [0.2, 0.25) is 5.15 Å². The maximum absolute atomic E-state index is 14.7. The Bertz CT molecular complexity index is 1610. The number of carbonyl (C=O) groups is 2. The first-order valence-electron chi connectivity index (χ1n) is 11.2. The van der Waals surface area contributed by atoms with E-state index < -0.39 is 5.82 Å². The van der Waals surface area contributed by atoms with Crippen molar-refractivity contribution in [2.45, 2.75) is 26.8 Å². The van der Waals surface area contributed by atoms with E-state index in [0.717, 1.165) is 5.39 Å². The van der Waals surface area contributed by atoms with Gasteiger partial charge < -0.3 is 9.30 Å². The van der Waals surface area contributed by atoms with Gasteiger partial charge >= 0.3 is 0 Å². The van der Waals surface area contributed by atoms with E-state index in [1.807, 2.05) is 18.2 Å². The predicted molar refractivity (Wildman–Crippen MR) is 136 cm³/mol. The molecule has 0 radical (unpaired) electrons. The normalized spacial score (nSPS) is 13.5. The van der Waals surface area contributed by atoms with Crippen LogP contribution in [0.15, 0.2) is 54.6 Å². The number of methoxy groups -OCH3 is 1. The van der Waals surface area contributed by atoms with Crippen LogP contribution in [0, 0.1) is 12.7 Å². The molecule has 0 unspecified atom stereocenters. The lowest BCUT2D eigenvalue weighted by atomic mass is 9.92. The van der Waals surface area contributed by atoms with Crippen molar-refractivity contribution in [3.63, 3.8) is 0 Å². The van der Waals surface area contributed by atoms with Gasteiger partial charge in [-0.3, -0.25) is 9.59 Å². The van der Waals surface area contributed by atoms with Crippen LogP contribution < -0.4 is 4.74 Å². The highest BCUT2D eigenvalue weighted by atomic mass is 35.5. The lowest BCUT2D eigenvalue weighted by Gasteiger charge is -2.14. The Hall–Kier alpha value is -3.77. The van der Waals surface area contributed by atoms with Crippen LogP contribution in [-0.2, 0) is 11.3 Å². The molecule has 4 aromatic rings. The molecule has 2 aromatic carbocycles. The minimum absolute atomic E-state index is 0.0876. The molecule has 5 nitrogen and oxygen atoms in total. The van der Waals surface area contributed by atoms with Gasteiger partial charge in [-0.15, -0.1) is 0 Å². The Morgan fingerprint density at radius 3 is 2.74 bits per heavy atom. The van der Waals surface area contributed by atoms with E-state index in [-0.39, 0.29) is 29.7 Å². The molecule has 0 spiro atoms. The van der Waals surface area contributed by atoms with E-state index in [1.54, 1.807) is 49.0 Å². The number of rotatable bonds is 5. The number of ketones is 2. The van der Waals surface area contributed by atoms with Crippen LogP contribution >= 0.6 is 11.6 Å². The van der Waals surface area contributed by atoms with Crippen LogP contribution in [0.5, 0.6) is 5.75 Å². The van der Waals surface area contributed by atoms with Gasteiger partial charge in [0.1, 0.15) is 16.7 Å². The Labute approximate surface area is 206 Å². The second-order valence-electron chi connectivity index (χ2n) is 8.62. The van der Waals surface area contributed by atoms with Gasteiger partial charge in [0, 0.05) is 46.9 Å². The summed E-state index contributed by atoms with van der Waals surface area (Å²) in [6, 6.07) is 10.5. The number of Topliss-reactive ketones (excluding diaryl/α,β-unsaturated/α-hetero) is 2. The number of carbonyl (C=O) groups excluding carboxylic acids is 2. The molecule has 35 heavy (non-hydrogen) atoms. The summed E-state index contributed by atoms with van der Waals surface area (Å²) >= 11 is 6.57. The molecule has 0 saturated heterocycles. The van der Waals surface area contributed by atoms with Gasteiger partial charge in [0.2, 0.25) is 0 Å². The van der Waals surface area contributed by atoms with Crippen LogP contribution in [0.1, 0.15) is 40.5 Å². The molecule has 1 aliphatic rings. The summed E-state index contributed by atoms with van der Waals surface area (Å²) in [4.78, 5) is 30.3. The number of benzene rings is 2. The van der Waals surface area contributed by atoms with Crippen molar-refractivity contribution in [1.29, 1.82) is 0 Å². The predicted octanol–water partition coefficient (Wildman–Crippen LogP) is 6.46. The monoisotopic (exact) mass is 488 g/mol. The molecule has 176 valence electrons. The Kier molecular flexibility index (Phi) is 5.77. The highest BCUT2D eigenvalue weighted by molar-refractivity contribution is 6.30. The number of aromatic nitrogens is 2. The summed E-state index contributed by atoms with van der Waals surface area (Å²) in [6.07, 6.45) is 5.55. The second-order valence-corrected chi connectivity index (χ2v) is 8.98. The third-order valence-electron chi connectivity index (χ3n) is 6.33. The van der Waals surface area contributed by atoms with Gasteiger partial charge in [0.15, 0.2) is 11.6 Å². The second kappa shape index (κ2) is 8.78. The molecule has 0 aliphatic heterocycles. The van der Waals surface area contributed by atoms with Gasteiger partial charge in [-0.2, -0.15) is 0 Å². The summed E-state index contributed by atoms with van der Waals surface area (Å²) in [5, 5.41) is 1.77. The van der Waals surface area contributed by atoms with Crippen molar-refractivity contribution in [3.8, 4) is 5.75 Å². The van der Waals surface area contributed by atoms with Gasteiger partial charge in [-0.25, -0.2) is 9.37 Å². The van der Waals surface area contributed by atoms with E-state index in [0.29, 0.717) is 50.1 Å². The fourth-order valence-electron chi connectivity index (χ4n) is 4.62. The maximum atomic E-state index is 14.7. The average molecular weight is 489 g/mol. The number of allylic oxidation sites excluding steroid dienone is 4. The highest BCUT2D eigenvalue weighted by Gasteiger charge is 2.27. The number of fused-ring (bicyclic) bond motifs is 2. The van der Waals surface area contributed by atoms with Crippen molar-refractivity contribution in [2.24, 2.45) is 0 Å². The van der Waals surface area contributed by atoms with Crippen LogP contribution in [0.4, 0.5) is 4.39 Å². The molecular weight excluding hydrogens is 467 g/mol. The molecule has 0 N–H and O–H groups in total. The lowest BCUT2D eigenvalue weighted by Crippen LogP contribution is -2.12. The van der Waals surface area contributed by atoms with E-state index >= 15 is 0 Å². The molecule has 1 aliphatic carbocycles. The van der Waals surface area contributed by atoms with Crippen LogP contribution in [-0.4, -0.2) is 28.2 Å². The summed E-state index contributed by atoms with van der Waals surface area (Å²) in [5.41, 5.74) is 3.61. The fraction of sp³-hybridized carbons (Fsp3) is 0.179. The van der Waals surface area contributed by atoms with Gasteiger partial charge in [0.25, 0.3) is 0 Å². The molecule has 7 heteroatoms. The number of ether oxygens (including phenoxy) is 1. The number of hydrogen-bond acceptors (Lipinski definition) is 4. The summed E-state index contributed by atoms with van der Waals surface area (Å²) in [6.45, 7) is 3.30. The highest BCUT2D eigenvalue weighted by Crippen LogP contribution is 2.37. The fourth-order valence-corrected chi connectivity index (χ4v) is 4.83. The van der Waals surface area contributed by atoms with E-state index in [2.05, 4.69) is 4.98 Å². The van der Waals surface area contributed by atoms with Crippen molar-refractivity contribution in [2.75, 3.05) is 7.11 Å². The van der Waals surface area contributed by atoms with Crippen LogP contribution in [0.3, 0.4) is 0 Å². The Morgan fingerprint density at radius 2 is 2.03 bits per heavy atom. The zero-order chi connectivity index (χ0) is 24.9. The minimum Gasteiger partial charge on any atom is -0.497 e. The molecule has 5 rings (SSSR count). The van der Waals surface area contributed by atoms with Crippen molar-refractivity contribution in [1.82, 2.24) is 9.55 Å². The first kappa shape index (κ1) is 23.0. The molecule has 0 atom stereocenters. The average Bonchev–Trinajstić information content (AvgIpc) is 3.12. The number of aryl methyl sites for hydroxylation is 1. The first-order chi connectivity index (χ1) is 16.8. The quantitative estimate of drug-likeness (QED) is 0.239. The minimum atomic E-state index is -0.392. The lowest BCUT2D eigenvalue weighted by molar-refractivity contribution is -0.113. The Balaban J connectivity index is 1.77.